The highest BCUT2D eigenvalue weighted by molar-refractivity contribution is 5.98. The minimum atomic E-state index is -0.712. The molecule has 23 heavy (non-hydrogen) atoms. The largest absolute Gasteiger partial charge is 0.481 e. The van der Waals surface area contributed by atoms with Crippen LogP contribution in [0.3, 0.4) is 0 Å². The van der Waals surface area contributed by atoms with Crippen LogP contribution >= 0.6 is 0 Å². The maximum atomic E-state index is 13.0. The summed E-state index contributed by atoms with van der Waals surface area (Å²) in [6.07, 6.45) is 6.29. The van der Waals surface area contributed by atoms with E-state index in [0.717, 1.165) is 12.2 Å². The third kappa shape index (κ3) is 2.27. The van der Waals surface area contributed by atoms with Gasteiger partial charge in [0.25, 0.3) is 0 Å². The molecule has 4 rings (SSSR count). The molecule has 1 aromatic rings. The van der Waals surface area contributed by atoms with E-state index in [2.05, 4.69) is 18.2 Å². The number of rotatable bonds is 2. The number of carbonyl (C=O) groups is 2. The van der Waals surface area contributed by atoms with E-state index in [1.165, 1.54) is 24.8 Å². The average Bonchev–Trinajstić information content (AvgIpc) is 2.90. The van der Waals surface area contributed by atoms with Crippen LogP contribution in [-0.4, -0.2) is 23.5 Å². The number of carboxylic acids is 1. The number of para-hydroxylation sites is 1. The fourth-order valence-electron chi connectivity index (χ4n) is 4.67. The van der Waals surface area contributed by atoms with Crippen LogP contribution in [0.1, 0.15) is 50.5 Å². The second-order valence-corrected chi connectivity index (χ2v) is 7.46. The van der Waals surface area contributed by atoms with Gasteiger partial charge in [0, 0.05) is 23.6 Å². The van der Waals surface area contributed by atoms with Gasteiger partial charge in [-0.3, -0.25) is 9.59 Å². The van der Waals surface area contributed by atoms with Crippen LogP contribution in [0.15, 0.2) is 24.3 Å². The Labute approximate surface area is 136 Å². The molecule has 0 saturated heterocycles. The molecule has 4 nitrogen and oxygen atoms in total. The Balaban J connectivity index is 1.53. The van der Waals surface area contributed by atoms with Crippen LogP contribution in [0.4, 0.5) is 5.69 Å². The fraction of sp³-hybridized carbons (Fsp3) is 0.579. The Morgan fingerprint density at radius 1 is 1.04 bits per heavy atom. The Morgan fingerprint density at radius 3 is 2.30 bits per heavy atom. The molecule has 2 saturated carbocycles. The molecule has 1 aromatic carbocycles. The number of nitrogens with zero attached hydrogens (tertiary/aromatic N) is 1. The highest BCUT2D eigenvalue weighted by atomic mass is 16.4. The van der Waals surface area contributed by atoms with Crippen LogP contribution in [0, 0.1) is 11.8 Å². The molecule has 0 bridgehead atoms. The zero-order valence-corrected chi connectivity index (χ0v) is 13.3. The van der Waals surface area contributed by atoms with E-state index in [0.29, 0.717) is 25.7 Å². The fourth-order valence-corrected chi connectivity index (χ4v) is 4.67. The van der Waals surface area contributed by atoms with Gasteiger partial charge in [-0.05, 0) is 50.2 Å². The van der Waals surface area contributed by atoms with Crippen molar-refractivity contribution in [3.8, 4) is 0 Å². The Bertz CT molecular complexity index is 642. The van der Waals surface area contributed by atoms with Crippen molar-refractivity contribution < 1.29 is 14.7 Å². The smallest absolute Gasteiger partial charge is 0.306 e. The molecule has 2 fully saturated rings. The van der Waals surface area contributed by atoms with E-state index in [1.54, 1.807) is 0 Å². The first-order chi connectivity index (χ1) is 11.1. The molecule has 1 aliphatic heterocycles. The van der Waals surface area contributed by atoms with Crippen LogP contribution in [0.25, 0.3) is 0 Å². The molecule has 0 aromatic heterocycles. The molecule has 122 valence electrons. The Morgan fingerprint density at radius 2 is 1.70 bits per heavy atom. The first-order valence-electron chi connectivity index (χ1n) is 8.74. The zero-order valence-electron chi connectivity index (χ0n) is 13.3. The van der Waals surface area contributed by atoms with Crippen molar-refractivity contribution in [3.63, 3.8) is 0 Å². The Hall–Kier alpha value is -1.84. The number of amides is 1. The van der Waals surface area contributed by atoms with E-state index < -0.39 is 5.97 Å². The minimum Gasteiger partial charge on any atom is -0.481 e. The number of carbonyl (C=O) groups excluding carboxylic acids is 1. The molecule has 1 heterocycles. The zero-order chi connectivity index (χ0) is 16.0. The summed E-state index contributed by atoms with van der Waals surface area (Å²) in [5.41, 5.74) is 2.64. The van der Waals surface area contributed by atoms with Crippen molar-refractivity contribution in [1.29, 1.82) is 0 Å². The number of carboxylic acid groups (broad SMARTS) is 1. The maximum absolute atomic E-state index is 13.0. The molecule has 1 amide bonds. The van der Waals surface area contributed by atoms with Crippen LogP contribution in [0.2, 0.25) is 0 Å². The van der Waals surface area contributed by atoms with E-state index >= 15 is 0 Å². The van der Waals surface area contributed by atoms with Crippen molar-refractivity contribution >= 4 is 17.6 Å². The Kier molecular flexibility index (Phi) is 3.43. The average molecular weight is 313 g/mol. The molecule has 1 spiro atoms. The molecular weight excluding hydrogens is 290 g/mol. The maximum Gasteiger partial charge on any atom is 0.306 e. The van der Waals surface area contributed by atoms with Gasteiger partial charge in [-0.1, -0.05) is 24.6 Å². The predicted octanol–water partition coefficient (Wildman–Crippen LogP) is 3.35. The number of fused-ring (bicyclic) bond motifs is 2. The summed E-state index contributed by atoms with van der Waals surface area (Å²) in [6.45, 7) is 0.823. The van der Waals surface area contributed by atoms with Crippen molar-refractivity contribution in [2.45, 2.75) is 50.4 Å². The van der Waals surface area contributed by atoms with Gasteiger partial charge >= 0.3 is 5.97 Å². The van der Waals surface area contributed by atoms with Crippen molar-refractivity contribution in [2.24, 2.45) is 11.8 Å². The third-order valence-electron chi connectivity index (χ3n) is 6.23. The lowest BCUT2D eigenvalue weighted by molar-refractivity contribution is -0.144. The van der Waals surface area contributed by atoms with E-state index in [1.807, 2.05) is 11.0 Å². The van der Waals surface area contributed by atoms with Crippen LogP contribution in [0.5, 0.6) is 0 Å². The lowest BCUT2D eigenvalue weighted by Gasteiger charge is -2.39. The summed E-state index contributed by atoms with van der Waals surface area (Å²) >= 11 is 0. The summed E-state index contributed by atoms with van der Waals surface area (Å²) in [4.78, 5) is 26.1. The first-order valence-corrected chi connectivity index (χ1v) is 8.74. The second kappa shape index (κ2) is 5.36. The molecule has 0 atom stereocenters. The topological polar surface area (TPSA) is 57.6 Å². The van der Waals surface area contributed by atoms with Gasteiger partial charge < -0.3 is 10.0 Å². The monoisotopic (exact) mass is 313 g/mol. The summed E-state index contributed by atoms with van der Waals surface area (Å²) in [5.74, 6) is -0.766. The van der Waals surface area contributed by atoms with Gasteiger partial charge in [-0.15, -0.1) is 0 Å². The number of anilines is 1. The molecule has 1 N–H and O–H groups in total. The molecule has 3 aliphatic rings. The van der Waals surface area contributed by atoms with Gasteiger partial charge in [0.2, 0.25) is 5.91 Å². The standard InChI is InChI=1S/C19H23NO3/c21-17(13-6-8-14(9-7-13)18(22)23)20-12-19(10-3-11-19)15-4-1-2-5-16(15)20/h1-2,4-5,13-14H,3,6-12H2,(H,22,23). The highest BCUT2D eigenvalue weighted by Crippen LogP contribution is 2.53. The normalized spacial score (nSPS) is 28.3. The molecular formula is C19H23NO3. The molecule has 4 heteroatoms. The van der Waals surface area contributed by atoms with Gasteiger partial charge in [-0.2, -0.15) is 0 Å². The van der Waals surface area contributed by atoms with Gasteiger partial charge in [0.05, 0.1) is 5.92 Å². The van der Waals surface area contributed by atoms with Crippen LogP contribution < -0.4 is 4.90 Å². The predicted molar refractivity (Wildman–Crippen MR) is 87.4 cm³/mol. The lowest BCUT2D eigenvalue weighted by Crippen LogP contribution is -2.44. The van der Waals surface area contributed by atoms with E-state index in [9.17, 15) is 9.59 Å². The van der Waals surface area contributed by atoms with Crippen molar-refractivity contribution in [2.75, 3.05) is 11.4 Å². The van der Waals surface area contributed by atoms with Gasteiger partial charge in [0.15, 0.2) is 0 Å². The van der Waals surface area contributed by atoms with Crippen molar-refractivity contribution in [1.82, 2.24) is 0 Å². The first kappa shape index (κ1) is 14.7. The third-order valence-corrected chi connectivity index (χ3v) is 6.23. The number of aliphatic carboxylic acids is 1. The summed E-state index contributed by atoms with van der Waals surface area (Å²) in [5, 5.41) is 9.12. The SMILES string of the molecule is O=C(O)C1CCC(C(=O)N2CC3(CCC3)c3ccccc32)CC1. The van der Waals surface area contributed by atoms with Gasteiger partial charge in [-0.25, -0.2) is 0 Å². The number of hydrogen-bond acceptors (Lipinski definition) is 2. The van der Waals surface area contributed by atoms with E-state index in [-0.39, 0.29) is 23.2 Å². The lowest BCUT2D eigenvalue weighted by atomic mass is 9.66. The summed E-state index contributed by atoms with van der Waals surface area (Å²) in [6, 6.07) is 8.34. The molecule has 2 aliphatic carbocycles. The highest BCUT2D eigenvalue weighted by Gasteiger charge is 2.49. The summed E-state index contributed by atoms with van der Waals surface area (Å²) < 4.78 is 0. The van der Waals surface area contributed by atoms with Gasteiger partial charge in [0.1, 0.15) is 0 Å². The summed E-state index contributed by atoms with van der Waals surface area (Å²) in [7, 11) is 0. The van der Waals surface area contributed by atoms with Crippen molar-refractivity contribution in [3.05, 3.63) is 29.8 Å². The quantitative estimate of drug-likeness (QED) is 0.911. The minimum absolute atomic E-state index is 0.00566. The van der Waals surface area contributed by atoms with E-state index in [4.69, 9.17) is 5.11 Å². The number of benzene rings is 1. The number of hydrogen-bond donors (Lipinski definition) is 1. The molecule has 0 unspecified atom stereocenters. The van der Waals surface area contributed by atoms with Crippen LogP contribution in [-0.2, 0) is 15.0 Å². The molecule has 0 radical (unpaired) electrons. The second-order valence-electron chi connectivity index (χ2n) is 7.46.